The second-order valence-electron chi connectivity index (χ2n) is 4.37. The summed E-state index contributed by atoms with van der Waals surface area (Å²) >= 11 is 0. The minimum absolute atomic E-state index is 0.710. The first-order chi connectivity index (χ1) is 6.58. The third-order valence-electron chi connectivity index (χ3n) is 2.10. The van der Waals surface area contributed by atoms with Gasteiger partial charge in [0.2, 0.25) is 7.41 Å². The molecule has 0 atom stereocenters. The second kappa shape index (κ2) is 5.21. The second-order valence-corrected chi connectivity index (χ2v) is 4.37. The number of benzene rings is 1. The summed E-state index contributed by atoms with van der Waals surface area (Å²) in [4.78, 5) is 2.25. The summed E-state index contributed by atoms with van der Waals surface area (Å²) in [5, 5.41) is 0. The molecule has 14 heavy (non-hydrogen) atoms. The van der Waals surface area contributed by atoms with Crippen molar-refractivity contribution < 1.29 is 0 Å². The maximum atomic E-state index is 2.25. The summed E-state index contributed by atoms with van der Waals surface area (Å²) in [6.45, 7) is 7.69. The van der Waals surface area contributed by atoms with Crippen molar-refractivity contribution in [2.24, 2.45) is 5.92 Å². The average molecular weight is 188 g/mol. The maximum absolute atomic E-state index is 2.25. The Kier molecular flexibility index (Phi) is 4.21. The molecule has 0 N–H and O–H groups in total. The van der Waals surface area contributed by atoms with Crippen LogP contribution in [-0.4, -0.2) is 25.8 Å². The molecule has 0 aliphatic rings. The summed E-state index contributed by atoms with van der Waals surface area (Å²) in [5.41, 5.74) is 2.59. The van der Waals surface area contributed by atoms with Gasteiger partial charge in [0.15, 0.2) is 0 Å². The molecule has 1 rings (SSSR count). The molecule has 0 saturated heterocycles. The van der Waals surface area contributed by atoms with E-state index >= 15 is 0 Å². The van der Waals surface area contributed by atoms with E-state index in [-0.39, 0.29) is 0 Å². The Morgan fingerprint density at radius 2 is 1.79 bits per heavy atom. The fraction of sp³-hybridized carbons (Fsp3) is 0.500. The van der Waals surface area contributed by atoms with E-state index in [0.29, 0.717) is 5.92 Å². The molecule has 1 radical (unpaired) electrons. The normalized spacial score (nSPS) is 11.0. The molecule has 0 saturated carbocycles. The van der Waals surface area contributed by atoms with E-state index in [2.05, 4.69) is 64.3 Å². The van der Waals surface area contributed by atoms with E-state index in [4.69, 9.17) is 0 Å². The van der Waals surface area contributed by atoms with Gasteiger partial charge in [0, 0.05) is 0 Å². The largest absolute Gasteiger partial charge is 0.345 e. The molecular weight excluding hydrogens is 169 g/mol. The van der Waals surface area contributed by atoms with Gasteiger partial charge in [-0.1, -0.05) is 49.1 Å². The van der Waals surface area contributed by atoms with E-state index in [1.807, 2.05) is 0 Å². The van der Waals surface area contributed by atoms with Gasteiger partial charge in [-0.2, -0.15) is 0 Å². The molecule has 1 aromatic carbocycles. The highest BCUT2D eigenvalue weighted by molar-refractivity contribution is 6.50. The van der Waals surface area contributed by atoms with Gasteiger partial charge in [0.25, 0.3) is 0 Å². The average Bonchev–Trinajstić information content (AvgIpc) is 2.07. The predicted octanol–water partition coefficient (Wildman–Crippen LogP) is 1.83. The summed E-state index contributed by atoms with van der Waals surface area (Å²) in [6.07, 6.45) is 0. The van der Waals surface area contributed by atoms with Gasteiger partial charge >= 0.3 is 0 Å². The van der Waals surface area contributed by atoms with Crippen LogP contribution in [0.5, 0.6) is 0 Å². The molecular formula is C12H19BN. The monoisotopic (exact) mass is 188 g/mol. The zero-order valence-corrected chi connectivity index (χ0v) is 9.62. The predicted molar refractivity (Wildman–Crippen MR) is 64.0 cm³/mol. The summed E-state index contributed by atoms with van der Waals surface area (Å²) in [6, 6.07) is 8.61. The third kappa shape index (κ3) is 3.97. The minimum Gasteiger partial charge on any atom is -0.345 e. The summed E-state index contributed by atoms with van der Waals surface area (Å²) in [7, 11) is 4.32. The third-order valence-corrected chi connectivity index (χ3v) is 2.10. The zero-order chi connectivity index (χ0) is 10.6. The van der Waals surface area contributed by atoms with Crippen LogP contribution in [0.4, 0.5) is 0 Å². The van der Waals surface area contributed by atoms with Crippen molar-refractivity contribution in [2.45, 2.75) is 20.8 Å². The first kappa shape index (κ1) is 11.3. The van der Waals surface area contributed by atoms with E-state index in [0.717, 1.165) is 6.54 Å². The molecule has 0 unspecified atom stereocenters. The van der Waals surface area contributed by atoms with Gasteiger partial charge < -0.3 is 4.81 Å². The summed E-state index contributed by atoms with van der Waals surface area (Å²) < 4.78 is 0. The topological polar surface area (TPSA) is 3.24 Å². The molecule has 0 aliphatic heterocycles. The molecule has 1 nitrogen and oxygen atoms in total. The number of hydrogen-bond donors (Lipinski definition) is 0. The van der Waals surface area contributed by atoms with Gasteiger partial charge in [-0.05, 0) is 26.4 Å². The van der Waals surface area contributed by atoms with Gasteiger partial charge in [-0.15, -0.1) is 0 Å². The molecule has 0 fully saturated rings. The molecule has 0 spiro atoms. The van der Waals surface area contributed by atoms with Crippen molar-refractivity contribution in [3.8, 4) is 0 Å². The van der Waals surface area contributed by atoms with Crippen molar-refractivity contribution >= 4 is 12.9 Å². The Balaban J connectivity index is 2.47. The van der Waals surface area contributed by atoms with Crippen LogP contribution in [0.1, 0.15) is 19.4 Å². The Hall–Kier alpha value is -0.755. The lowest BCUT2D eigenvalue weighted by molar-refractivity contribution is 0.448. The Morgan fingerprint density at radius 1 is 1.21 bits per heavy atom. The Bertz CT molecular complexity index is 266. The van der Waals surface area contributed by atoms with Gasteiger partial charge in [0.05, 0.1) is 0 Å². The van der Waals surface area contributed by atoms with Crippen LogP contribution in [0.15, 0.2) is 24.3 Å². The maximum Gasteiger partial charge on any atom is 0.247 e. The molecule has 1 aromatic rings. The smallest absolute Gasteiger partial charge is 0.247 e. The molecule has 0 bridgehead atoms. The van der Waals surface area contributed by atoms with Gasteiger partial charge in [-0.25, -0.2) is 0 Å². The highest BCUT2D eigenvalue weighted by atomic mass is 15.0. The Morgan fingerprint density at radius 3 is 2.29 bits per heavy atom. The number of aryl methyl sites for hydroxylation is 1. The summed E-state index contributed by atoms with van der Waals surface area (Å²) in [5.74, 6) is 0.710. The Labute approximate surface area is 88.4 Å². The van der Waals surface area contributed by atoms with Crippen molar-refractivity contribution in [1.82, 2.24) is 4.81 Å². The van der Waals surface area contributed by atoms with E-state index in [1.54, 1.807) is 0 Å². The fourth-order valence-electron chi connectivity index (χ4n) is 1.54. The molecule has 0 aliphatic carbocycles. The molecule has 75 valence electrons. The lowest BCUT2D eigenvalue weighted by Crippen LogP contribution is -2.35. The number of nitrogens with zero attached hydrogens (tertiary/aromatic N) is 1. The van der Waals surface area contributed by atoms with Crippen molar-refractivity contribution in [1.29, 1.82) is 0 Å². The van der Waals surface area contributed by atoms with Crippen LogP contribution >= 0.6 is 0 Å². The first-order valence-electron chi connectivity index (χ1n) is 5.19. The molecule has 0 heterocycles. The quantitative estimate of drug-likeness (QED) is 0.651. The number of hydrogen-bond acceptors (Lipinski definition) is 1. The SMILES string of the molecule is Cc1ccc([B]N(C)CC(C)C)cc1. The minimum atomic E-state index is 0.710. The van der Waals surface area contributed by atoms with Crippen LogP contribution in [0.25, 0.3) is 0 Å². The van der Waals surface area contributed by atoms with Gasteiger partial charge in [-0.3, -0.25) is 0 Å². The lowest BCUT2D eigenvalue weighted by atomic mass is 9.80. The highest BCUT2D eigenvalue weighted by Crippen LogP contribution is 1.96. The fourth-order valence-corrected chi connectivity index (χ4v) is 1.54. The van der Waals surface area contributed by atoms with Crippen LogP contribution in [0.2, 0.25) is 0 Å². The molecule has 0 amide bonds. The first-order valence-corrected chi connectivity index (χ1v) is 5.19. The van der Waals surface area contributed by atoms with E-state index in [9.17, 15) is 0 Å². The van der Waals surface area contributed by atoms with Crippen molar-refractivity contribution in [3.05, 3.63) is 29.8 Å². The molecule has 0 aromatic heterocycles. The lowest BCUT2D eigenvalue weighted by Gasteiger charge is -2.17. The zero-order valence-electron chi connectivity index (χ0n) is 9.62. The standard InChI is InChI=1S/C12H19BN/c1-10(2)9-14(4)13-12-7-5-11(3)6-8-12/h5-8,10H,9H2,1-4H3. The number of rotatable bonds is 4. The van der Waals surface area contributed by atoms with Gasteiger partial charge in [0.1, 0.15) is 0 Å². The van der Waals surface area contributed by atoms with Crippen molar-refractivity contribution in [3.63, 3.8) is 0 Å². The van der Waals surface area contributed by atoms with E-state index < -0.39 is 0 Å². The van der Waals surface area contributed by atoms with Crippen LogP contribution in [0, 0.1) is 12.8 Å². The van der Waals surface area contributed by atoms with Crippen LogP contribution < -0.4 is 5.46 Å². The molecule has 2 heteroatoms. The van der Waals surface area contributed by atoms with Crippen LogP contribution in [0.3, 0.4) is 0 Å². The highest BCUT2D eigenvalue weighted by Gasteiger charge is 2.04. The van der Waals surface area contributed by atoms with Crippen molar-refractivity contribution in [2.75, 3.05) is 13.6 Å². The van der Waals surface area contributed by atoms with Crippen LogP contribution in [-0.2, 0) is 0 Å². The van der Waals surface area contributed by atoms with E-state index in [1.165, 1.54) is 11.0 Å².